The number of ether oxygens (including phenoxy) is 1. The molecule has 7 heteroatoms. The third kappa shape index (κ3) is 3.25. The van der Waals surface area contributed by atoms with Crippen LogP contribution >= 0.6 is 0 Å². The van der Waals surface area contributed by atoms with E-state index in [2.05, 4.69) is 20.3 Å². The summed E-state index contributed by atoms with van der Waals surface area (Å²) < 4.78 is 36.4. The van der Waals surface area contributed by atoms with E-state index in [1.54, 1.807) is 24.3 Å². The highest BCUT2D eigenvalue weighted by Gasteiger charge is 2.45. The summed E-state index contributed by atoms with van der Waals surface area (Å²) in [5.74, 6) is 0.443. The van der Waals surface area contributed by atoms with Crippen molar-refractivity contribution in [1.82, 2.24) is 14.2 Å². The number of benzene rings is 1. The second kappa shape index (κ2) is 6.25. The molecule has 1 aromatic heterocycles. The van der Waals surface area contributed by atoms with E-state index >= 15 is 0 Å². The molecule has 1 atom stereocenters. The molecule has 1 saturated heterocycles. The minimum absolute atomic E-state index is 0.234. The number of piperidine rings is 1. The van der Waals surface area contributed by atoms with Crippen LogP contribution in [0.3, 0.4) is 0 Å². The van der Waals surface area contributed by atoms with Crippen LogP contribution in [0.2, 0.25) is 0 Å². The summed E-state index contributed by atoms with van der Waals surface area (Å²) in [5, 5.41) is 0. The van der Waals surface area contributed by atoms with Crippen molar-refractivity contribution >= 4 is 10.4 Å². The van der Waals surface area contributed by atoms with Gasteiger partial charge in [0.25, 0.3) is 0 Å². The fourth-order valence-electron chi connectivity index (χ4n) is 3.65. The molecule has 1 spiro atoms. The van der Waals surface area contributed by atoms with Crippen molar-refractivity contribution in [1.29, 1.82) is 0 Å². The van der Waals surface area contributed by atoms with Crippen molar-refractivity contribution in [2.75, 3.05) is 19.7 Å². The molecule has 1 fully saturated rings. The molecule has 3 heterocycles. The lowest BCUT2D eigenvalue weighted by atomic mass is 9.89. The molecule has 2 aromatic rings. The zero-order valence-electron chi connectivity index (χ0n) is 14.3. The highest BCUT2D eigenvalue weighted by molar-refractivity contribution is 7.96. The maximum atomic E-state index is 12.7. The average Bonchev–Trinajstić information content (AvgIpc) is 2.95. The van der Waals surface area contributed by atoms with E-state index in [1.807, 2.05) is 19.3 Å². The van der Waals surface area contributed by atoms with Gasteiger partial charge in [-0.2, -0.15) is 0 Å². The predicted molar refractivity (Wildman–Crippen MR) is 94.8 cm³/mol. The van der Waals surface area contributed by atoms with E-state index in [0.29, 0.717) is 12.4 Å². The van der Waals surface area contributed by atoms with Crippen LogP contribution < -0.4 is 9.46 Å². The first kappa shape index (κ1) is 16.8. The molecule has 1 unspecified atom stereocenters. The summed E-state index contributed by atoms with van der Waals surface area (Å²) in [6.45, 7) is 2.94. The smallest absolute Gasteiger partial charge is 0.216 e. The van der Waals surface area contributed by atoms with E-state index in [-0.39, 0.29) is 4.90 Å². The highest BCUT2D eigenvalue weighted by Crippen LogP contribution is 2.35. The van der Waals surface area contributed by atoms with E-state index < -0.39 is 15.9 Å². The van der Waals surface area contributed by atoms with Crippen LogP contribution in [0.25, 0.3) is 0 Å². The van der Waals surface area contributed by atoms with Crippen LogP contribution in [0.4, 0.5) is 0 Å². The van der Waals surface area contributed by atoms with Crippen LogP contribution in [-0.2, 0) is 28.2 Å². The molecular weight excluding hydrogens is 338 g/mol. The normalized spacial score (nSPS) is 26.0. The number of nitrogens with zero attached hydrogens (tertiary/aromatic N) is 2. The SMILES string of the molecule is Cn1cccc1CN1CCC2(CC1)COc1ccccc1[S+](=O)([O-])N2. The van der Waals surface area contributed by atoms with Gasteiger partial charge in [0.2, 0.25) is 4.90 Å². The zero-order valence-corrected chi connectivity index (χ0v) is 15.1. The fraction of sp³-hybridized carbons (Fsp3) is 0.444. The molecule has 1 N–H and O–H groups in total. The number of aryl methyl sites for hydroxylation is 1. The Labute approximate surface area is 149 Å². The molecule has 0 saturated carbocycles. The van der Waals surface area contributed by atoms with Crippen molar-refractivity contribution in [3.63, 3.8) is 0 Å². The van der Waals surface area contributed by atoms with Crippen LogP contribution in [0.5, 0.6) is 5.75 Å². The number of para-hydroxylation sites is 1. The molecule has 6 nitrogen and oxygen atoms in total. The summed E-state index contributed by atoms with van der Waals surface area (Å²) in [6.07, 6.45) is 3.53. The van der Waals surface area contributed by atoms with Crippen molar-refractivity contribution in [3.8, 4) is 5.75 Å². The van der Waals surface area contributed by atoms with Gasteiger partial charge in [-0.05, 0) is 37.1 Å². The van der Waals surface area contributed by atoms with E-state index in [1.165, 1.54) is 5.69 Å². The van der Waals surface area contributed by atoms with Gasteiger partial charge in [-0.1, -0.05) is 16.3 Å². The number of hydrogen-bond acceptors (Lipinski definition) is 4. The van der Waals surface area contributed by atoms with Gasteiger partial charge in [-0.3, -0.25) is 4.90 Å². The summed E-state index contributed by atoms with van der Waals surface area (Å²) in [7, 11) is -1.51. The molecule has 1 aromatic carbocycles. The second-order valence-electron chi connectivity index (χ2n) is 7.01. The first-order valence-electron chi connectivity index (χ1n) is 8.56. The fourth-order valence-corrected chi connectivity index (χ4v) is 5.24. The number of nitrogens with one attached hydrogen (secondary N) is 1. The summed E-state index contributed by atoms with van der Waals surface area (Å²) >= 11 is 0. The molecule has 0 radical (unpaired) electrons. The lowest BCUT2D eigenvalue weighted by Gasteiger charge is -2.40. The minimum atomic E-state index is -3.56. The van der Waals surface area contributed by atoms with Crippen LogP contribution in [0.15, 0.2) is 47.5 Å². The number of likely N-dealkylation sites (tertiary alicyclic amines) is 1. The Morgan fingerprint density at radius 2 is 2.00 bits per heavy atom. The number of rotatable bonds is 2. The second-order valence-corrected chi connectivity index (χ2v) is 8.66. The molecular formula is C18H23N3O3S. The van der Waals surface area contributed by atoms with Crippen LogP contribution in [0, 0.1) is 0 Å². The largest absolute Gasteiger partial charge is 0.593 e. The van der Waals surface area contributed by atoms with Crippen LogP contribution in [0.1, 0.15) is 18.5 Å². The maximum Gasteiger partial charge on any atom is 0.216 e. The van der Waals surface area contributed by atoms with Gasteiger partial charge in [-0.15, -0.1) is 4.72 Å². The Morgan fingerprint density at radius 1 is 1.24 bits per heavy atom. The van der Waals surface area contributed by atoms with E-state index in [4.69, 9.17) is 4.74 Å². The van der Waals surface area contributed by atoms with Gasteiger partial charge in [-0.25, -0.2) is 0 Å². The first-order chi connectivity index (χ1) is 12.0. The molecule has 2 aliphatic rings. The van der Waals surface area contributed by atoms with Crippen molar-refractivity contribution in [2.45, 2.75) is 29.8 Å². The topological polar surface area (TPSA) is 69.6 Å². The molecule has 0 bridgehead atoms. The summed E-state index contributed by atoms with van der Waals surface area (Å²) in [4.78, 5) is 2.60. The summed E-state index contributed by atoms with van der Waals surface area (Å²) in [5.41, 5.74) is 0.740. The van der Waals surface area contributed by atoms with Gasteiger partial charge in [0.15, 0.2) is 16.1 Å². The maximum absolute atomic E-state index is 12.7. The standard InChI is InChI=1S/C18H23N3O3S/c1-20-10-4-5-15(20)13-21-11-8-18(9-12-21)14-24-16-6-2-3-7-17(16)25(22,23)19-18/h2-7,10H,8-9,11-14H2,1H3,(H-,19,22,23). The molecule has 0 amide bonds. The van der Waals surface area contributed by atoms with Gasteiger partial charge < -0.3 is 13.9 Å². The third-order valence-corrected chi connectivity index (χ3v) is 6.86. The number of aromatic nitrogens is 1. The third-order valence-electron chi connectivity index (χ3n) is 5.24. The first-order valence-corrected chi connectivity index (χ1v) is 10.0. The Morgan fingerprint density at radius 3 is 2.72 bits per heavy atom. The Bertz CT molecular complexity index is 811. The van der Waals surface area contributed by atoms with E-state index in [9.17, 15) is 8.76 Å². The molecule has 25 heavy (non-hydrogen) atoms. The van der Waals surface area contributed by atoms with E-state index in [0.717, 1.165) is 32.5 Å². The van der Waals surface area contributed by atoms with Crippen molar-refractivity contribution < 1.29 is 13.5 Å². The lowest BCUT2D eigenvalue weighted by Crippen LogP contribution is -2.58. The van der Waals surface area contributed by atoms with Gasteiger partial charge >= 0.3 is 0 Å². The predicted octanol–water partition coefficient (Wildman–Crippen LogP) is 1.95. The quantitative estimate of drug-likeness (QED) is 0.830. The highest BCUT2D eigenvalue weighted by atomic mass is 32.3. The average molecular weight is 361 g/mol. The molecule has 2 aliphatic heterocycles. The van der Waals surface area contributed by atoms with Gasteiger partial charge in [0.05, 0.1) is 5.54 Å². The van der Waals surface area contributed by atoms with Gasteiger partial charge in [0, 0.05) is 38.6 Å². The monoisotopic (exact) mass is 361 g/mol. The molecule has 134 valence electrons. The Hall–Kier alpha value is -1.67. The van der Waals surface area contributed by atoms with Crippen molar-refractivity contribution in [3.05, 3.63) is 48.3 Å². The number of hydrogen-bond donors (Lipinski definition) is 1. The zero-order chi connectivity index (χ0) is 17.5. The number of sulfonamides is 1. The number of fused-ring (bicyclic) bond motifs is 1. The minimum Gasteiger partial charge on any atom is -0.593 e. The lowest BCUT2D eigenvalue weighted by molar-refractivity contribution is 0.100. The molecule has 4 rings (SSSR count). The van der Waals surface area contributed by atoms with Crippen LogP contribution in [-0.4, -0.2) is 39.3 Å². The van der Waals surface area contributed by atoms with Gasteiger partial charge in [0.1, 0.15) is 6.61 Å². The summed E-state index contributed by atoms with van der Waals surface area (Å²) in [6, 6.07) is 11.0. The Kier molecular flexibility index (Phi) is 4.19. The molecule has 0 aliphatic carbocycles. The Balaban J connectivity index is 1.48. The van der Waals surface area contributed by atoms with Crippen molar-refractivity contribution in [2.24, 2.45) is 7.05 Å².